The van der Waals surface area contributed by atoms with Crippen molar-refractivity contribution in [1.82, 2.24) is 4.98 Å². The van der Waals surface area contributed by atoms with Crippen molar-refractivity contribution < 1.29 is 14.6 Å². The van der Waals surface area contributed by atoms with Crippen LogP contribution in [-0.2, 0) is 11.3 Å². The number of aromatic nitrogens is 1. The first-order valence-electron chi connectivity index (χ1n) is 7.09. The van der Waals surface area contributed by atoms with Gasteiger partial charge in [0.05, 0.1) is 24.5 Å². The number of rotatable bonds is 7. The molecule has 2 aromatic rings. The van der Waals surface area contributed by atoms with Crippen LogP contribution >= 0.6 is 22.9 Å². The van der Waals surface area contributed by atoms with E-state index < -0.39 is 12.0 Å². The second-order valence-electron chi connectivity index (χ2n) is 4.74. The van der Waals surface area contributed by atoms with Gasteiger partial charge in [-0.15, -0.1) is 11.3 Å². The molecule has 2 rings (SSSR count). The van der Waals surface area contributed by atoms with E-state index in [9.17, 15) is 9.90 Å². The third kappa shape index (κ3) is 5.09. The molecule has 6 nitrogen and oxygen atoms in total. The normalized spacial score (nSPS) is 11.8. The van der Waals surface area contributed by atoms with Crippen LogP contribution in [0, 0.1) is 0 Å². The van der Waals surface area contributed by atoms with E-state index >= 15 is 0 Å². The van der Waals surface area contributed by atoms with Gasteiger partial charge in [-0.25, -0.2) is 4.98 Å². The Morgan fingerprint density at radius 1 is 1.48 bits per heavy atom. The summed E-state index contributed by atoms with van der Waals surface area (Å²) in [6, 6.07) is 5.28. The lowest BCUT2D eigenvalue weighted by atomic mass is 10.2. The Hall–Kier alpha value is -1.83. The summed E-state index contributed by atoms with van der Waals surface area (Å²) >= 11 is 7.20. The van der Waals surface area contributed by atoms with Crippen molar-refractivity contribution >= 4 is 40.2 Å². The minimum atomic E-state index is -1.09. The lowest BCUT2D eigenvalue weighted by Crippen LogP contribution is -2.25. The molecule has 0 aliphatic heterocycles. The van der Waals surface area contributed by atoms with E-state index in [0.29, 0.717) is 34.7 Å². The van der Waals surface area contributed by atoms with Crippen LogP contribution in [0.4, 0.5) is 11.4 Å². The number of benzene rings is 1. The lowest BCUT2D eigenvalue weighted by Gasteiger charge is -2.15. The highest BCUT2D eigenvalue weighted by Crippen LogP contribution is 2.29. The van der Waals surface area contributed by atoms with Gasteiger partial charge in [-0.1, -0.05) is 11.6 Å². The number of nitrogens with zero attached hydrogens (tertiary/aromatic N) is 1. The molecule has 0 bridgehead atoms. The number of anilines is 2. The van der Waals surface area contributed by atoms with Gasteiger partial charge in [-0.2, -0.15) is 0 Å². The number of carbonyl (C=O) groups excluding carboxylic acids is 1. The summed E-state index contributed by atoms with van der Waals surface area (Å²) in [5, 5.41) is 15.2. The molecule has 124 valence electrons. The van der Waals surface area contributed by atoms with Crippen molar-refractivity contribution in [3.05, 3.63) is 33.7 Å². The van der Waals surface area contributed by atoms with Crippen molar-refractivity contribution in [3.63, 3.8) is 0 Å². The monoisotopic (exact) mass is 355 g/mol. The van der Waals surface area contributed by atoms with Crippen molar-refractivity contribution in [2.45, 2.75) is 26.5 Å². The van der Waals surface area contributed by atoms with Gasteiger partial charge in [0, 0.05) is 17.1 Å². The van der Waals surface area contributed by atoms with Crippen LogP contribution in [0.25, 0.3) is 0 Å². The topological polar surface area (TPSA) is 83.5 Å². The van der Waals surface area contributed by atoms with E-state index in [1.807, 2.05) is 6.92 Å². The SMILES string of the molecule is CCOc1ccc(NC(=O)C(C)O)c(NCc2cnc(Cl)s2)c1. The molecular formula is C15H18ClN3O3S. The van der Waals surface area contributed by atoms with Crippen LogP contribution in [0.2, 0.25) is 4.47 Å². The summed E-state index contributed by atoms with van der Waals surface area (Å²) < 4.78 is 5.96. The maximum atomic E-state index is 11.7. The zero-order chi connectivity index (χ0) is 16.8. The highest BCUT2D eigenvalue weighted by molar-refractivity contribution is 7.15. The molecule has 1 atom stereocenters. The molecule has 8 heteroatoms. The molecule has 0 radical (unpaired) electrons. The fourth-order valence-corrected chi connectivity index (χ4v) is 2.74. The van der Waals surface area contributed by atoms with Gasteiger partial charge in [-0.05, 0) is 26.0 Å². The Labute approximate surface area is 143 Å². The molecule has 1 heterocycles. The zero-order valence-electron chi connectivity index (χ0n) is 12.8. The molecule has 23 heavy (non-hydrogen) atoms. The molecule has 0 aliphatic carbocycles. The Morgan fingerprint density at radius 3 is 2.87 bits per heavy atom. The first kappa shape index (κ1) is 17.5. The number of nitrogens with one attached hydrogen (secondary N) is 2. The standard InChI is InChI=1S/C15H18ClN3O3S/c1-3-22-10-4-5-12(19-14(21)9(2)20)13(6-10)17-7-11-8-18-15(16)23-11/h4-6,8-9,17,20H,3,7H2,1-2H3,(H,19,21). The molecule has 1 amide bonds. The third-order valence-electron chi connectivity index (χ3n) is 2.92. The molecule has 3 N–H and O–H groups in total. The summed E-state index contributed by atoms with van der Waals surface area (Å²) in [4.78, 5) is 16.7. The highest BCUT2D eigenvalue weighted by atomic mass is 35.5. The quantitative estimate of drug-likeness (QED) is 0.710. The first-order valence-corrected chi connectivity index (χ1v) is 8.29. The number of halogens is 1. The van der Waals surface area contributed by atoms with Crippen molar-refractivity contribution in [2.75, 3.05) is 17.2 Å². The summed E-state index contributed by atoms with van der Waals surface area (Å²) in [7, 11) is 0. The maximum Gasteiger partial charge on any atom is 0.252 e. The van der Waals surface area contributed by atoms with Crippen LogP contribution in [0.5, 0.6) is 5.75 Å². The van der Waals surface area contributed by atoms with Crippen LogP contribution in [-0.4, -0.2) is 28.7 Å². The Bertz CT molecular complexity index is 676. The summed E-state index contributed by atoms with van der Waals surface area (Å²) in [6.07, 6.45) is 0.607. The Morgan fingerprint density at radius 2 is 2.26 bits per heavy atom. The second kappa shape index (κ2) is 8.14. The predicted octanol–water partition coefficient (Wildman–Crippen LogP) is 3.13. The van der Waals surface area contributed by atoms with E-state index in [-0.39, 0.29) is 0 Å². The predicted molar refractivity (Wildman–Crippen MR) is 92.4 cm³/mol. The van der Waals surface area contributed by atoms with E-state index in [1.165, 1.54) is 18.3 Å². The average molecular weight is 356 g/mol. The fraction of sp³-hybridized carbons (Fsp3) is 0.333. The number of aliphatic hydroxyl groups is 1. The largest absolute Gasteiger partial charge is 0.494 e. The van der Waals surface area contributed by atoms with Gasteiger partial charge < -0.3 is 20.5 Å². The minimum absolute atomic E-state index is 0.474. The first-order chi connectivity index (χ1) is 11.0. The molecule has 0 aliphatic rings. The van der Waals surface area contributed by atoms with E-state index in [1.54, 1.807) is 24.4 Å². The molecule has 0 fully saturated rings. The molecule has 1 aromatic carbocycles. The highest BCUT2D eigenvalue weighted by Gasteiger charge is 2.13. The summed E-state index contributed by atoms with van der Waals surface area (Å²) in [5.74, 6) is 0.213. The van der Waals surface area contributed by atoms with Gasteiger partial charge in [0.15, 0.2) is 4.47 Å². The van der Waals surface area contributed by atoms with Crippen molar-refractivity contribution in [3.8, 4) is 5.75 Å². The lowest BCUT2D eigenvalue weighted by molar-refractivity contribution is -0.123. The molecule has 0 spiro atoms. The van der Waals surface area contributed by atoms with Gasteiger partial charge in [0.2, 0.25) is 0 Å². The van der Waals surface area contributed by atoms with Crippen molar-refractivity contribution in [1.29, 1.82) is 0 Å². The van der Waals surface area contributed by atoms with E-state index in [2.05, 4.69) is 15.6 Å². The number of hydrogen-bond donors (Lipinski definition) is 3. The van der Waals surface area contributed by atoms with Crippen LogP contribution in [0.1, 0.15) is 18.7 Å². The molecule has 1 unspecified atom stereocenters. The summed E-state index contributed by atoms with van der Waals surface area (Å²) in [6.45, 7) is 4.37. The Kier molecular flexibility index (Phi) is 6.20. The third-order valence-corrected chi connectivity index (χ3v) is 4.03. The summed E-state index contributed by atoms with van der Waals surface area (Å²) in [5.41, 5.74) is 1.25. The van der Waals surface area contributed by atoms with Crippen LogP contribution in [0.15, 0.2) is 24.4 Å². The second-order valence-corrected chi connectivity index (χ2v) is 6.44. The number of carbonyl (C=O) groups is 1. The van der Waals surface area contributed by atoms with Crippen LogP contribution < -0.4 is 15.4 Å². The average Bonchev–Trinajstić information content (AvgIpc) is 2.93. The van der Waals surface area contributed by atoms with Gasteiger partial charge in [0.1, 0.15) is 11.9 Å². The number of ether oxygens (including phenoxy) is 1. The van der Waals surface area contributed by atoms with Gasteiger partial charge >= 0.3 is 0 Å². The number of aliphatic hydroxyl groups excluding tert-OH is 1. The molecular weight excluding hydrogens is 338 g/mol. The Balaban J connectivity index is 2.17. The fourth-order valence-electron chi connectivity index (χ4n) is 1.82. The number of thiazole rings is 1. The smallest absolute Gasteiger partial charge is 0.252 e. The van der Waals surface area contributed by atoms with Gasteiger partial charge in [0.25, 0.3) is 5.91 Å². The molecule has 0 saturated carbocycles. The molecule has 1 aromatic heterocycles. The minimum Gasteiger partial charge on any atom is -0.494 e. The molecule has 0 saturated heterocycles. The van der Waals surface area contributed by atoms with Crippen molar-refractivity contribution in [2.24, 2.45) is 0 Å². The number of hydrogen-bond acceptors (Lipinski definition) is 6. The van der Waals surface area contributed by atoms with E-state index in [0.717, 1.165) is 4.88 Å². The van der Waals surface area contributed by atoms with E-state index in [4.69, 9.17) is 16.3 Å². The number of amides is 1. The maximum absolute atomic E-state index is 11.7. The zero-order valence-corrected chi connectivity index (χ0v) is 14.4. The van der Waals surface area contributed by atoms with Gasteiger partial charge in [-0.3, -0.25) is 4.79 Å². The van der Waals surface area contributed by atoms with Crippen LogP contribution in [0.3, 0.4) is 0 Å².